The highest BCUT2D eigenvalue weighted by molar-refractivity contribution is 5.85. The molecule has 0 spiro atoms. The first-order valence-corrected chi connectivity index (χ1v) is 8.59. The second-order valence-corrected chi connectivity index (χ2v) is 6.56. The van der Waals surface area contributed by atoms with Gasteiger partial charge in [0.2, 0.25) is 0 Å². The Kier molecular flexibility index (Phi) is 5.11. The second-order valence-electron chi connectivity index (χ2n) is 6.56. The van der Waals surface area contributed by atoms with Gasteiger partial charge >= 0.3 is 12.1 Å². The standard InChI is InChI=1S/C20H23N3O3/c1-15-5-3-4-6-17(15)14-23-12-11-22(19(23)24)13-16-7-9-18(10-8-16)21(2)20(25)26/h3-10H,11-14H2,1-2H3,(H,25,26). The van der Waals surface area contributed by atoms with Crippen LogP contribution in [0.2, 0.25) is 0 Å². The van der Waals surface area contributed by atoms with E-state index in [1.54, 1.807) is 12.1 Å². The lowest BCUT2D eigenvalue weighted by Crippen LogP contribution is -2.31. The van der Waals surface area contributed by atoms with Gasteiger partial charge in [0.05, 0.1) is 0 Å². The predicted octanol–water partition coefficient (Wildman–Crippen LogP) is 3.55. The Hall–Kier alpha value is -3.02. The molecular weight excluding hydrogens is 330 g/mol. The lowest BCUT2D eigenvalue weighted by molar-refractivity contribution is 0.188. The summed E-state index contributed by atoms with van der Waals surface area (Å²) in [4.78, 5) is 28.5. The Morgan fingerprint density at radius 1 is 1.04 bits per heavy atom. The zero-order valence-electron chi connectivity index (χ0n) is 15.1. The minimum Gasteiger partial charge on any atom is -0.465 e. The van der Waals surface area contributed by atoms with E-state index in [2.05, 4.69) is 19.1 Å². The van der Waals surface area contributed by atoms with Crippen molar-refractivity contribution in [2.75, 3.05) is 25.0 Å². The summed E-state index contributed by atoms with van der Waals surface area (Å²) < 4.78 is 0. The van der Waals surface area contributed by atoms with Gasteiger partial charge in [-0.3, -0.25) is 4.90 Å². The molecule has 0 aromatic heterocycles. The average Bonchev–Trinajstić information content (AvgIpc) is 2.97. The van der Waals surface area contributed by atoms with Crippen LogP contribution in [0.5, 0.6) is 0 Å². The molecule has 1 aliphatic heterocycles. The molecule has 1 saturated heterocycles. The summed E-state index contributed by atoms with van der Waals surface area (Å²) in [5.74, 6) is 0. The van der Waals surface area contributed by atoms with Gasteiger partial charge in [-0.05, 0) is 35.7 Å². The smallest absolute Gasteiger partial charge is 0.411 e. The molecule has 6 nitrogen and oxygen atoms in total. The number of anilines is 1. The molecule has 0 unspecified atom stereocenters. The molecule has 1 N–H and O–H groups in total. The monoisotopic (exact) mass is 353 g/mol. The first-order valence-electron chi connectivity index (χ1n) is 8.59. The van der Waals surface area contributed by atoms with Gasteiger partial charge in [0.15, 0.2) is 0 Å². The third-order valence-electron chi connectivity index (χ3n) is 4.79. The second kappa shape index (κ2) is 7.47. The zero-order chi connectivity index (χ0) is 18.7. The van der Waals surface area contributed by atoms with Crippen molar-refractivity contribution in [3.8, 4) is 0 Å². The minimum absolute atomic E-state index is 0.0417. The van der Waals surface area contributed by atoms with E-state index in [0.29, 0.717) is 31.9 Å². The summed E-state index contributed by atoms with van der Waals surface area (Å²) >= 11 is 0. The molecule has 1 fully saturated rings. The molecule has 0 bridgehead atoms. The number of hydrogen-bond acceptors (Lipinski definition) is 2. The summed E-state index contributed by atoms with van der Waals surface area (Å²) in [6.45, 7) is 4.63. The number of carbonyl (C=O) groups excluding carboxylic acids is 1. The predicted molar refractivity (Wildman–Crippen MR) is 100 cm³/mol. The van der Waals surface area contributed by atoms with Crippen molar-refractivity contribution in [3.05, 3.63) is 65.2 Å². The van der Waals surface area contributed by atoms with Crippen LogP contribution in [0.1, 0.15) is 16.7 Å². The summed E-state index contributed by atoms with van der Waals surface area (Å²) in [5.41, 5.74) is 3.95. The van der Waals surface area contributed by atoms with E-state index in [4.69, 9.17) is 5.11 Å². The third-order valence-corrected chi connectivity index (χ3v) is 4.79. The molecule has 1 heterocycles. The first kappa shape index (κ1) is 17.8. The lowest BCUT2D eigenvalue weighted by atomic mass is 10.1. The van der Waals surface area contributed by atoms with E-state index in [-0.39, 0.29) is 6.03 Å². The molecule has 0 aliphatic carbocycles. The number of amides is 3. The van der Waals surface area contributed by atoms with Crippen LogP contribution >= 0.6 is 0 Å². The van der Waals surface area contributed by atoms with Crippen LogP contribution in [0, 0.1) is 6.92 Å². The maximum Gasteiger partial charge on any atom is 0.411 e. The van der Waals surface area contributed by atoms with Gasteiger partial charge in [-0.1, -0.05) is 36.4 Å². The fourth-order valence-electron chi connectivity index (χ4n) is 3.07. The molecule has 3 amide bonds. The Labute approximate surface area is 153 Å². The molecule has 3 rings (SSSR count). The molecule has 26 heavy (non-hydrogen) atoms. The van der Waals surface area contributed by atoms with E-state index >= 15 is 0 Å². The fraction of sp³-hybridized carbons (Fsp3) is 0.300. The minimum atomic E-state index is -1.00. The zero-order valence-corrected chi connectivity index (χ0v) is 15.1. The average molecular weight is 353 g/mol. The van der Waals surface area contributed by atoms with Crippen molar-refractivity contribution in [1.82, 2.24) is 9.80 Å². The number of hydrogen-bond donors (Lipinski definition) is 1. The molecule has 1 aliphatic rings. The van der Waals surface area contributed by atoms with E-state index in [9.17, 15) is 9.59 Å². The molecule has 6 heteroatoms. The van der Waals surface area contributed by atoms with E-state index in [0.717, 1.165) is 10.5 Å². The third kappa shape index (κ3) is 3.79. The number of benzene rings is 2. The highest BCUT2D eigenvalue weighted by Gasteiger charge is 2.28. The van der Waals surface area contributed by atoms with Gasteiger partial charge in [-0.15, -0.1) is 0 Å². The van der Waals surface area contributed by atoms with Gasteiger partial charge in [0.25, 0.3) is 0 Å². The van der Waals surface area contributed by atoms with Crippen LogP contribution in [0.4, 0.5) is 15.3 Å². The molecule has 2 aromatic rings. The summed E-state index contributed by atoms with van der Waals surface area (Å²) in [6.07, 6.45) is -1.00. The molecule has 136 valence electrons. The van der Waals surface area contributed by atoms with Crippen molar-refractivity contribution in [3.63, 3.8) is 0 Å². The lowest BCUT2D eigenvalue weighted by Gasteiger charge is -2.20. The van der Waals surface area contributed by atoms with Gasteiger partial charge in [-0.25, -0.2) is 9.59 Å². The fourth-order valence-corrected chi connectivity index (χ4v) is 3.07. The largest absolute Gasteiger partial charge is 0.465 e. The van der Waals surface area contributed by atoms with Gasteiger partial charge in [-0.2, -0.15) is 0 Å². The van der Waals surface area contributed by atoms with Gasteiger partial charge < -0.3 is 14.9 Å². The van der Waals surface area contributed by atoms with Crippen LogP contribution in [0.3, 0.4) is 0 Å². The van der Waals surface area contributed by atoms with Gasteiger partial charge in [0.1, 0.15) is 0 Å². The molecule has 0 radical (unpaired) electrons. The maximum atomic E-state index is 12.7. The van der Waals surface area contributed by atoms with E-state index in [1.807, 2.05) is 34.1 Å². The Morgan fingerprint density at radius 2 is 1.65 bits per heavy atom. The number of nitrogens with zero attached hydrogens (tertiary/aromatic N) is 3. The number of urea groups is 1. The molecule has 2 aromatic carbocycles. The van der Waals surface area contributed by atoms with E-state index in [1.165, 1.54) is 18.2 Å². The van der Waals surface area contributed by atoms with E-state index < -0.39 is 6.09 Å². The van der Waals surface area contributed by atoms with Crippen molar-refractivity contribution in [2.45, 2.75) is 20.0 Å². The van der Waals surface area contributed by atoms with Crippen molar-refractivity contribution in [1.29, 1.82) is 0 Å². The quantitative estimate of drug-likeness (QED) is 0.894. The molecule has 0 saturated carbocycles. The normalized spacial score (nSPS) is 14.0. The number of rotatable bonds is 5. The highest BCUT2D eigenvalue weighted by Crippen LogP contribution is 2.20. The highest BCUT2D eigenvalue weighted by atomic mass is 16.4. The SMILES string of the molecule is Cc1ccccc1CN1CCN(Cc2ccc(N(C)C(=O)O)cc2)C1=O. The van der Waals surface area contributed by atoms with Crippen LogP contribution in [-0.4, -0.2) is 47.2 Å². The maximum absolute atomic E-state index is 12.7. The Bertz CT molecular complexity index is 804. The number of carboxylic acid groups (broad SMARTS) is 1. The Morgan fingerprint density at radius 3 is 2.27 bits per heavy atom. The summed E-state index contributed by atoms with van der Waals surface area (Å²) in [6, 6.07) is 15.4. The summed E-state index contributed by atoms with van der Waals surface area (Å²) in [7, 11) is 1.50. The van der Waals surface area contributed by atoms with Crippen LogP contribution in [-0.2, 0) is 13.1 Å². The number of aryl methyl sites for hydroxylation is 1. The molecular formula is C20H23N3O3. The summed E-state index contributed by atoms with van der Waals surface area (Å²) in [5, 5.41) is 9.01. The van der Waals surface area contributed by atoms with Crippen molar-refractivity contribution < 1.29 is 14.7 Å². The van der Waals surface area contributed by atoms with Crippen LogP contribution in [0.25, 0.3) is 0 Å². The topological polar surface area (TPSA) is 64.1 Å². The Balaban J connectivity index is 1.62. The van der Waals surface area contributed by atoms with Crippen molar-refractivity contribution >= 4 is 17.8 Å². The first-order chi connectivity index (χ1) is 12.5. The number of carbonyl (C=O) groups is 2. The van der Waals surface area contributed by atoms with Crippen molar-refractivity contribution in [2.24, 2.45) is 0 Å². The van der Waals surface area contributed by atoms with Gasteiger partial charge in [0, 0.05) is 38.9 Å². The van der Waals surface area contributed by atoms with Crippen LogP contribution < -0.4 is 4.90 Å². The molecule has 0 atom stereocenters. The van der Waals surface area contributed by atoms with Crippen LogP contribution in [0.15, 0.2) is 48.5 Å².